The number of benzene rings is 1. The lowest BCUT2D eigenvalue weighted by Gasteiger charge is -2.13. The number of hydrogen-bond acceptors (Lipinski definition) is 6. The number of aryl methyl sites for hydroxylation is 1. The second-order valence-electron chi connectivity index (χ2n) is 6.37. The van der Waals surface area contributed by atoms with Crippen molar-refractivity contribution in [3.8, 4) is 5.75 Å². The number of thioether (sulfide) groups is 1. The number of alkyl halides is 6. The molecule has 3 rings (SSSR count). The van der Waals surface area contributed by atoms with E-state index in [-0.39, 0.29) is 29.7 Å². The fourth-order valence-electron chi connectivity index (χ4n) is 2.45. The van der Waals surface area contributed by atoms with Crippen molar-refractivity contribution in [2.24, 2.45) is 7.05 Å². The van der Waals surface area contributed by atoms with Crippen LogP contribution in [0.4, 0.5) is 26.3 Å². The first kappa shape index (κ1) is 23.4. The number of carbonyl (C=O) groups excluding carboxylic acids is 1. The summed E-state index contributed by atoms with van der Waals surface area (Å²) in [5.41, 5.74) is -5.25. The quantitative estimate of drug-likeness (QED) is 0.294. The Balaban J connectivity index is 1.81. The third kappa shape index (κ3) is 5.52. The van der Waals surface area contributed by atoms with Crippen molar-refractivity contribution < 1.29 is 40.3 Å². The van der Waals surface area contributed by atoms with E-state index in [0.717, 1.165) is 12.3 Å². The molecule has 32 heavy (non-hydrogen) atoms. The van der Waals surface area contributed by atoms with Gasteiger partial charge in [0.15, 0.2) is 5.16 Å². The molecule has 0 aliphatic heterocycles. The summed E-state index contributed by atoms with van der Waals surface area (Å²) in [4.78, 5) is 28.4. The SMILES string of the molecule is Cn1ccnc1SCc1cc(=O)c(OC(=O)c2cc(C(F)(F)F)cc(C(F)(F)F)c2)co1. The molecule has 0 unspecified atom stereocenters. The van der Waals surface area contributed by atoms with E-state index >= 15 is 0 Å². The zero-order valence-corrected chi connectivity index (χ0v) is 16.8. The highest BCUT2D eigenvalue weighted by Crippen LogP contribution is 2.36. The standard InChI is InChI=1S/C19H12F6N2O4S/c1-27-3-2-26-17(27)32-9-13-7-14(28)15(8-30-13)31-16(29)10-4-11(18(20,21)22)6-12(5-10)19(23,24)25/h2-8H,9H2,1H3. The van der Waals surface area contributed by atoms with Crippen molar-refractivity contribution in [1.29, 1.82) is 0 Å². The van der Waals surface area contributed by atoms with Crippen LogP contribution in [0.2, 0.25) is 0 Å². The van der Waals surface area contributed by atoms with E-state index in [9.17, 15) is 35.9 Å². The molecule has 2 aromatic heterocycles. The summed E-state index contributed by atoms with van der Waals surface area (Å²) in [5.74, 6) is -1.89. The Kier molecular flexibility index (Phi) is 6.39. The van der Waals surface area contributed by atoms with Gasteiger partial charge < -0.3 is 13.7 Å². The number of imidazole rings is 1. The van der Waals surface area contributed by atoms with E-state index in [1.807, 2.05) is 0 Å². The van der Waals surface area contributed by atoms with Gasteiger partial charge in [-0.3, -0.25) is 4.79 Å². The van der Waals surface area contributed by atoms with E-state index in [0.29, 0.717) is 5.16 Å². The zero-order chi connectivity index (χ0) is 23.7. The Bertz CT molecular complexity index is 1170. The summed E-state index contributed by atoms with van der Waals surface area (Å²) in [6.45, 7) is 0. The number of esters is 1. The van der Waals surface area contributed by atoms with Crippen LogP contribution in [0, 0.1) is 0 Å². The lowest BCUT2D eigenvalue weighted by molar-refractivity contribution is -0.143. The molecule has 0 N–H and O–H groups in total. The van der Waals surface area contributed by atoms with Gasteiger partial charge in [0.25, 0.3) is 0 Å². The molecular weight excluding hydrogens is 466 g/mol. The van der Waals surface area contributed by atoms with Crippen LogP contribution in [-0.4, -0.2) is 15.5 Å². The average molecular weight is 478 g/mol. The van der Waals surface area contributed by atoms with Crippen molar-refractivity contribution in [2.75, 3.05) is 0 Å². The summed E-state index contributed by atoms with van der Waals surface area (Å²) in [6, 6.07) is 1.28. The molecule has 0 bridgehead atoms. The molecule has 6 nitrogen and oxygen atoms in total. The van der Waals surface area contributed by atoms with Gasteiger partial charge in [0.2, 0.25) is 11.2 Å². The fourth-order valence-corrected chi connectivity index (χ4v) is 3.27. The van der Waals surface area contributed by atoms with Gasteiger partial charge in [-0.25, -0.2) is 9.78 Å². The maximum absolute atomic E-state index is 12.9. The number of carbonyl (C=O) groups is 1. The van der Waals surface area contributed by atoms with Crippen LogP contribution in [0.5, 0.6) is 5.75 Å². The number of ether oxygens (including phenoxy) is 1. The fraction of sp³-hybridized carbons (Fsp3) is 0.211. The van der Waals surface area contributed by atoms with E-state index in [1.165, 1.54) is 11.8 Å². The molecular formula is C19H12F6N2O4S. The molecule has 3 aromatic rings. The van der Waals surface area contributed by atoms with E-state index in [1.54, 1.807) is 24.0 Å². The van der Waals surface area contributed by atoms with Crippen LogP contribution in [0.25, 0.3) is 0 Å². The first-order valence-corrected chi connectivity index (χ1v) is 9.56. The second-order valence-corrected chi connectivity index (χ2v) is 7.31. The Morgan fingerprint density at radius 3 is 2.22 bits per heavy atom. The van der Waals surface area contributed by atoms with Crippen molar-refractivity contribution >= 4 is 17.7 Å². The summed E-state index contributed by atoms with van der Waals surface area (Å²) >= 11 is 1.24. The summed E-state index contributed by atoms with van der Waals surface area (Å²) in [7, 11) is 1.76. The first-order chi connectivity index (χ1) is 14.8. The molecule has 0 aliphatic rings. The van der Waals surface area contributed by atoms with Crippen molar-refractivity contribution in [3.05, 3.63) is 75.6 Å². The number of nitrogens with zero attached hydrogens (tertiary/aromatic N) is 2. The van der Waals surface area contributed by atoms with Gasteiger partial charge in [0.1, 0.15) is 12.0 Å². The third-order valence-electron chi connectivity index (χ3n) is 4.00. The van der Waals surface area contributed by atoms with Gasteiger partial charge in [-0.1, -0.05) is 11.8 Å². The number of rotatable bonds is 5. The Hall–Kier alpha value is -3.22. The Morgan fingerprint density at radius 1 is 1.09 bits per heavy atom. The van der Waals surface area contributed by atoms with E-state index < -0.39 is 46.2 Å². The third-order valence-corrected chi connectivity index (χ3v) is 5.08. The lowest BCUT2D eigenvalue weighted by Crippen LogP contribution is -2.18. The molecule has 0 amide bonds. The Labute approximate surface area is 179 Å². The summed E-state index contributed by atoms with van der Waals surface area (Å²) in [6.07, 6.45) is -6.24. The minimum atomic E-state index is -5.14. The molecule has 2 heterocycles. The Morgan fingerprint density at radius 2 is 1.72 bits per heavy atom. The first-order valence-electron chi connectivity index (χ1n) is 8.58. The molecule has 0 saturated heterocycles. The van der Waals surface area contributed by atoms with Crippen LogP contribution in [0.15, 0.2) is 57.3 Å². The van der Waals surface area contributed by atoms with Gasteiger partial charge in [-0.05, 0) is 18.2 Å². The van der Waals surface area contributed by atoms with Crippen molar-refractivity contribution in [1.82, 2.24) is 9.55 Å². The number of hydrogen-bond donors (Lipinski definition) is 0. The molecule has 0 radical (unpaired) electrons. The monoisotopic (exact) mass is 478 g/mol. The number of halogens is 6. The van der Waals surface area contributed by atoms with E-state index in [4.69, 9.17) is 4.42 Å². The highest BCUT2D eigenvalue weighted by Gasteiger charge is 2.37. The molecule has 0 atom stereocenters. The van der Waals surface area contributed by atoms with Crippen LogP contribution in [0.1, 0.15) is 27.2 Å². The highest BCUT2D eigenvalue weighted by molar-refractivity contribution is 7.98. The second kappa shape index (κ2) is 8.73. The minimum absolute atomic E-state index is 0.126. The van der Waals surface area contributed by atoms with Gasteiger partial charge in [0.05, 0.1) is 22.4 Å². The van der Waals surface area contributed by atoms with Crippen LogP contribution in [0.3, 0.4) is 0 Å². The molecule has 0 spiro atoms. The predicted molar refractivity (Wildman–Crippen MR) is 99.2 cm³/mol. The van der Waals surface area contributed by atoms with Crippen molar-refractivity contribution in [2.45, 2.75) is 23.3 Å². The van der Waals surface area contributed by atoms with Crippen LogP contribution < -0.4 is 10.2 Å². The van der Waals surface area contributed by atoms with Gasteiger partial charge >= 0.3 is 18.3 Å². The summed E-state index contributed by atoms with van der Waals surface area (Å²) < 4.78 is 89.2. The predicted octanol–water partition coefficient (Wildman–Crippen LogP) is 4.92. The smallest absolute Gasteiger partial charge is 0.416 e. The molecule has 1 aromatic carbocycles. The largest absolute Gasteiger partial charge is 0.464 e. The van der Waals surface area contributed by atoms with Crippen LogP contribution in [-0.2, 0) is 25.2 Å². The molecule has 170 valence electrons. The summed E-state index contributed by atoms with van der Waals surface area (Å²) in [5, 5.41) is 0.633. The maximum atomic E-state index is 12.9. The van der Waals surface area contributed by atoms with Gasteiger partial charge in [-0.2, -0.15) is 26.3 Å². The highest BCUT2D eigenvalue weighted by atomic mass is 32.2. The van der Waals surface area contributed by atoms with Gasteiger partial charge in [-0.15, -0.1) is 0 Å². The molecule has 13 heteroatoms. The molecule has 0 saturated carbocycles. The maximum Gasteiger partial charge on any atom is 0.416 e. The van der Waals surface area contributed by atoms with Crippen LogP contribution >= 0.6 is 11.8 Å². The normalized spacial score (nSPS) is 12.1. The molecule has 0 fully saturated rings. The average Bonchev–Trinajstić information content (AvgIpc) is 3.11. The minimum Gasteiger partial charge on any atom is -0.464 e. The number of aromatic nitrogens is 2. The van der Waals surface area contributed by atoms with Crippen molar-refractivity contribution in [3.63, 3.8) is 0 Å². The van der Waals surface area contributed by atoms with E-state index in [2.05, 4.69) is 9.72 Å². The molecule has 0 aliphatic carbocycles. The zero-order valence-electron chi connectivity index (χ0n) is 16.0. The topological polar surface area (TPSA) is 74.3 Å². The van der Waals surface area contributed by atoms with Gasteiger partial charge in [0, 0.05) is 25.5 Å². The lowest BCUT2D eigenvalue weighted by atomic mass is 10.0.